The topological polar surface area (TPSA) is 62.6 Å². The molecule has 78 valence electrons. The Bertz CT molecular complexity index is 278. The molecule has 0 aromatic carbocycles. The second-order valence-corrected chi connectivity index (χ2v) is 3.18. The van der Waals surface area contributed by atoms with Crippen LogP contribution >= 0.6 is 12.6 Å². The Balaban J connectivity index is 2.75. The van der Waals surface area contributed by atoms with Gasteiger partial charge in [0.1, 0.15) is 11.9 Å². The molecule has 0 bridgehead atoms. The van der Waals surface area contributed by atoms with Gasteiger partial charge < -0.3 is 14.9 Å². The number of nitrogens with zero attached hydrogens (tertiary/aromatic N) is 1. The highest BCUT2D eigenvalue weighted by Gasteiger charge is 2.17. The van der Waals surface area contributed by atoms with E-state index in [0.29, 0.717) is 11.4 Å². The zero-order chi connectivity index (χ0) is 10.6. The van der Waals surface area contributed by atoms with Crippen LogP contribution in [0.3, 0.4) is 0 Å². The molecule has 14 heavy (non-hydrogen) atoms. The van der Waals surface area contributed by atoms with Crippen LogP contribution in [0.25, 0.3) is 0 Å². The molecule has 4 nitrogen and oxygen atoms in total. The maximum absolute atomic E-state index is 9.55. The lowest BCUT2D eigenvalue weighted by Gasteiger charge is -2.14. The van der Waals surface area contributed by atoms with Crippen molar-refractivity contribution in [2.75, 3.05) is 12.9 Å². The zero-order valence-corrected chi connectivity index (χ0v) is 8.69. The number of pyridine rings is 1. The molecule has 1 aromatic heterocycles. The van der Waals surface area contributed by atoms with Crippen LogP contribution in [0.2, 0.25) is 0 Å². The molecule has 5 heteroatoms. The molecule has 1 rings (SSSR count). The average Bonchev–Trinajstić information content (AvgIpc) is 2.27. The number of aliphatic hydroxyl groups is 2. The summed E-state index contributed by atoms with van der Waals surface area (Å²) in [5.41, 5.74) is 0.410. The van der Waals surface area contributed by atoms with Gasteiger partial charge in [0.15, 0.2) is 0 Å². The van der Waals surface area contributed by atoms with Gasteiger partial charge in [-0.3, -0.25) is 4.98 Å². The van der Waals surface area contributed by atoms with E-state index in [2.05, 4.69) is 17.6 Å². The lowest BCUT2D eigenvalue weighted by Crippen LogP contribution is -2.20. The minimum atomic E-state index is -1.00. The minimum absolute atomic E-state index is 0.189. The number of hydrogen-bond donors (Lipinski definition) is 3. The number of ether oxygens (including phenoxy) is 1. The van der Waals surface area contributed by atoms with Crippen molar-refractivity contribution < 1.29 is 14.9 Å². The molecule has 0 amide bonds. The van der Waals surface area contributed by atoms with Gasteiger partial charge in [0.2, 0.25) is 0 Å². The van der Waals surface area contributed by atoms with E-state index in [1.54, 1.807) is 12.1 Å². The third-order valence-corrected chi connectivity index (χ3v) is 2.22. The molecule has 1 aromatic rings. The van der Waals surface area contributed by atoms with Crippen LogP contribution in [0.5, 0.6) is 5.75 Å². The van der Waals surface area contributed by atoms with Gasteiger partial charge in [-0.15, -0.1) is 0 Å². The largest absolute Gasteiger partial charge is 0.495 e. The van der Waals surface area contributed by atoms with Crippen LogP contribution in [0.15, 0.2) is 18.3 Å². The number of methoxy groups -OCH3 is 1. The van der Waals surface area contributed by atoms with Crippen LogP contribution in [-0.4, -0.2) is 34.2 Å². The minimum Gasteiger partial charge on any atom is -0.495 e. The van der Waals surface area contributed by atoms with Crippen molar-refractivity contribution >= 4 is 12.6 Å². The second-order valence-electron chi connectivity index (χ2n) is 2.82. The molecule has 1 heterocycles. The monoisotopic (exact) mass is 215 g/mol. The molecule has 0 spiro atoms. The Morgan fingerprint density at radius 3 is 2.64 bits per heavy atom. The molecule has 0 radical (unpaired) electrons. The Kier molecular flexibility index (Phi) is 4.19. The highest BCUT2D eigenvalue weighted by Crippen LogP contribution is 2.17. The summed E-state index contributed by atoms with van der Waals surface area (Å²) in [5.74, 6) is 0.802. The van der Waals surface area contributed by atoms with Crippen molar-refractivity contribution in [3.05, 3.63) is 24.0 Å². The van der Waals surface area contributed by atoms with E-state index in [0.717, 1.165) is 0 Å². The predicted octanol–water partition coefficient (Wildman–Crippen LogP) is 0.414. The second kappa shape index (κ2) is 5.19. The molecule has 2 atom stereocenters. The van der Waals surface area contributed by atoms with E-state index >= 15 is 0 Å². The number of aliphatic hydroxyl groups excluding tert-OH is 2. The first-order valence-electron chi connectivity index (χ1n) is 4.16. The van der Waals surface area contributed by atoms with E-state index in [9.17, 15) is 10.2 Å². The highest BCUT2D eigenvalue weighted by molar-refractivity contribution is 7.80. The fourth-order valence-corrected chi connectivity index (χ4v) is 1.18. The lowest BCUT2D eigenvalue weighted by molar-refractivity contribution is 0.0310. The molecule has 2 N–H and O–H groups in total. The Labute approximate surface area is 88.0 Å². The molecule has 0 aliphatic heterocycles. The van der Waals surface area contributed by atoms with Crippen LogP contribution in [-0.2, 0) is 0 Å². The van der Waals surface area contributed by atoms with Crippen LogP contribution in [0.1, 0.15) is 11.8 Å². The third-order valence-electron chi connectivity index (χ3n) is 1.85. The standard InChI is InChI=1S/C9H13NO3S/c1-13-6-2-3-7(10-4-6)9(12)8(11)5-14/h2-4,8-9,11-12,14H,5H2,1H3. The zero-order valence-electron chi connectivity index (χ0n) is 7.79. The molecule has 0 saturated heterocycles. The fraction of sp³-hybridized carbons (Fsp3) is 0.444. The first kappa shape index (κ1) is 11.3. The average molecular weight is 215 g/mol. The quantitative estimate of drug-likeness (QED) is 0.637. The summed E-state index contributed by atoms with van der Waals surface area (Å²) in [4.78, 5) is 3.95. The van der Waals surface area contributed by atoms with E-state index in [1.807, 2.05) is 0 Å². The first-order chi connectivity index (χ1) is 6.69. The maximum atomic E-state index is 9.55. The van der Waals surface area contributed by atoms with Gasteiger partial charge in [-0.1, -0.05) is 0 Å². The SMILES string of the molecule is COc1ccc(C(O)C(O)CS)nc1. The van der Waals surface area contributed by atoms with E-state index in [4.69, 9.17) is 4.74 Å². The molecule has 0 saturated carbocycles. The molecule has 0 fully saturated rings. The van der Waals surface area contributed by atoms with Gasteiger partial charge in [-0.2, -0.15) is 12.6 Å². The van der Waals surface area contributed by atoms with Gasteiger partial charge in [0.05, 0.1) is 25.1 Å². The van der Waals surface area contributed by atoms with Gasteiger partial charge in [-0.25, -0.2) is 0 Å². The summed E-state index contributed by atoms with van der Waals surface area (Å²) in [6.45, 7) is 0. The van der Waals surface area contributed by atoms with Crippen molar-refractivity contribution in [2.24, 2.45) is 0 Å². The number of hydrogen-bond acceptors (Lipinski definition) is 5. The van der Waals surface area contributed by atoms with E-state index in [1.165, 1.54) is 13.3 Å². The summed E-state index contributed by atoms with van der Waals surface area (Å²) in [6.07, 6.45) is -0.415. The summed E-state index contributed by atoms with van der Waals surface area (Å²) in [7, 11) is 1.54. The first-order valence-corrected chi connectivity index (χ1v) is 4.79. The van der Waals surface area contributed by atoms with Crippen molar-refractivity contribution in [3.63, 3.8) is 0 Å². The maximum Gasteiger partial charge on any atom is 0.137 e. The predicted molar refractivity (Wildman–Crippen MR) is 55.6 cm³/mol. The fourth-order valence-electron chi connectivity index (χ4n) is 0.984. The summed E-state index contributed by atoms with van der Waals surface area (Å²) < 4.78 is 4.91. The van der Waals surface area contributed by atoms with Gasteiger partial charge in [0.25, 0.3) is 0 Å². The number of rotatable bonds is 4. The Morgan fingerprint density at radius 2 is 2.21 bits per heavy atom. The molecule has 2 unspecified atom stereocenters. The Hall–Kier alpha value is -0.780. The molecular formula is C9H13NO3S. The van der Waals surface area contributed by atoms with Crippen molar-refractivity contribution in [1.82, 2.24) is 4.98 Å². The molecule has 0 aliphatic rings. The van der Waals surface area contributed by atoms with Crippen molar-refractivity contribution in [1.29, 1.82) is 0 Å². The van der Waals surface area contributed by atoms with Crippen LogP contribution < -0.4 is 4.74 Å². The van der Waals surface area contributed by atoms with Crippen molar-refractivity contribution in [3.8, 4) is 5.75 Å². The highest BCUT2D eigenvalue weighted by atomic mass is 32.1. The third kappa shape index (κ3) is 2.60. The van der Waals surface area contributed by atoms with Crippen molar-refractivity contribution in [2.45, 2.75) is 12.2 Å². The normalized spacial score (nSPS) is 14.9. The van der Waals surface area contributed by atoms with Crippen LogP contribution in [0, 0.1) is 0 Å². The van der Waals surface area contributed by atoms with Gasteiger partial charge in [-0.05, 0) is 12.1 Å². The van der Waals surface area contributed by atoms with E-state index in [-0.39, 0.29) is 5.75 Å². The summed E-state index contributed by atoms with van der Waals surface area (Å²) in [6, 6.07) is 3.28. The van der Waals surface area contributed by atoms with Gasteiger partial charge in [0, 0.05) is 5.75 Å². The summed E-state index contributed by atoms with van der Waals surface area (Å²) >= 11 is 3.88. The Morgan fingerprint density at radius 1 is 1.50 bits per heavy atom. The summed E-state index contributed by atoms with van der Waals surface area (Å²) in [5, 5.41) is 18.9. The number of thiol groups is 1. The van der Waals surface area contributed by atoms with E-state index < -0.39 is 12.2 Å². The lowest BCUT2D eigenvalue weighted by atomic mass is 10.1. The van der Waals surface area contributed by atoms with Gasteiger partial charge >= 0.3 is 0 Å². The molecule has 0 aliphatic carbocycles. The molecular weight excluding hydrogens is 202 g/mol. The smallest absolute Gasteiger partial charge is 0.137 e. The number of aromatic nitrogens is 1. The van der Waals surface area contributed by atoms with Crippen LogP contribution in [0.4, 0.5) is 0 Å².